The van der Waals surface area contributed by atoms with Crippen LogP contribution in [0.4, 0.5) is 5.82 Å². The summed E-state index contributed by atoms with van der Waals surface area (Å²) in [6.45, 7) is 7.40. The summed E-state index contributed by atoms with van der Waals surface area (Å²) in [6.07, 6.45) is 3.49. The molecule has 0 aromatic carbocycles. The highest BCUT2D eigenvalue weighted by Gasteiger charge is 2.12. The highest BCUT2D eigenvalue weighted by molar-refractivity contribution is 5.36. The Balaban J connectivity index is 1.91. The lowest BCUT2D eigenvalue weighted by atomic mass is 9.98. The van der Waals surface area contributed by atoms with Gasteiger partial charge in [-0.2, -0.15) is 0 Å². The first-order valence-electron chi connectivity index (χ1n) is 6.57. The lowest BCUT2D eigenvalue weighted by Crippen LogP contribution is -2.31. The molecule has 0 radical (unpaired) electrons. The fourth-order valence-corrected chi connectivity index (χ4v) is 2.24. The average Bonchev–Trinajstić information content (AvgIpc) is 2.37. The molecule has 0 aliphatic carbocycles. The Bertz CT molecular complexity index is 358. The van der Waals surface area contributed by atoms with Crippen LogP contribution in [0.5, 0.6) is 0 Å². The molecule has 94 valence electrons. The van der Waals surface area contributed by atoms with Crippen molar-refractivity contribution < 1.29 is 0 Å². The summed E-state index contributed by atoms with van der Waals surface area (Å²) >= 11 is 0. The van der Waals surface area contributed by atoms with Gasteiger partial charge in [0.1, 0.15) is 11.6 Å². The highest BCUT2D eigenvalue weighted by Crippen LogP contribution is 2.13. The molecule has 1 aliphatic heterocycles. The third kappa shape index (κ3) is 3.66. The second-order valence-corrected chi connectivity index (χ2v) is 4.72. The molecule has 1 fully saturated rings. The molecule has 1 aliphatic rings. The number of rotatable bonds is 4. The zero-order chi connectivity index (χ0) is 12.1. The van der Waals surface area contributed by atoms with Gasteiger partial charge in [0.2, 0.25) is 0 Å². The number of piperidine rings is 1. The van der Waals surface area contributed by atoms with E-state index >= 15 is 0 Å². The fourth-order valence-electron chi connectivity index (χ4n) is 2.24. The first kappa shape index (κ1) is 12.3. The van der Waals surface area contributed by atoms with Crippen LogP contribution >= 0.6 is 0 Å². The Morgan fingerprint density at radius 3 is 2.82 bits per heavy atom. The minimum absolute atomic E-state index is 0.775. The van der Waals surface area contributed by atoms with E-state index in [1.165, 1.54) is 12.8 Å². The van der Waals surface area contributed by atoms with E-state index in [-0.39, 0.29) is 0 Å². The van der Waals surface area contributed by atoms with Gasteiger partial charge in [0.05, 0.1) is 0 Å². The molecule has 0 amide bonds. The lowest BCUT2D eigenvalue weighted by molar-refractivity contribution is 0.389. The summed E-state index contributed by atoms with van der Waals surface area (Å²) in [5.41, 5.74) is 1.12. The van der Waals surface area contributed by atoms with Gasteiger partial charge >= 0.3 is 0 Å². The standard InChI is InChI=1S/C13H22N4/c1-3-12-8-13(17-10(2)16-12)15-9-11-4-6-14-7-5-11/h8,11,14H,3-7,9H2,1-2H3,(H,15,16,17). The monoisotopic (exact) mass is 234 g/mol. The quantitative estimate of drug-likeness (QED) is 0.833. The van der Waals surface area contributed by atoms with E-state index in [1.54, 1.807) is 0 Å². The van der Waals surface area contributed by atoms with Crippen molar-refractivity contribution in [2.75, 3.05) is 25.0 Å². The zero-order valence-corrected chi connectivity index (χ0v) is 10.8. The zero-order valence-electron chi connectivity index (χ0n) is 10.8. The summed E-state index contributed by atoms with van der Waals surface area (Å²) in [6, 6.07) is 2.06. The topological polar surface area (TPSA) is 49.8 Å². The van der Waals surface area contributed by atoms with Gasteiger partial charge in [-0.15, -0.1) is 0 Å². The van der Waals surface area contributed by atoms with Gasteiger partial charge in [0, 0.05) is 18.3 Å². The second kappa shape index (κ2) is 5.96. The number of nitrogens with one attached hydrogen (secondary N) is 2. The predicted octanol–water partition coefficient (Wildman–Crippen LogP) is 1.76. The second-order valence-electron chi connectivity index (χ2n) is 4.72. The largest absolute Gasteiger partial charge is 0.370 e. The molecule has 4 heteroatoms. The minimum Gasteiger partial charge on any atom is -0.370 e. The van der Waals surface area contributed by atoms with E-state index in [1.807, 2.05) is 6.92 Å². The van der Waals surface area contributed by atoms with Crippen LogP contribution in [0, 0.1) is 12.8 Å². The average molecular weight is 234 g/mol. The highest BCUT2D eigenvalue weighted by atomic mass is 15.0. The molecule has 1 aromatic heterocycles. The third-order valence-electron chi connectivity index (χ3n) is 3.28. The SMILES string of the molecule is CCc1cc(NCC2CCNCC2)nc(C)n1. The van der Waals surface area contributed by atoms with Crippen LogP contribution in [0.15, 0.2) is 6.07 Å². The Kier molecular flexibility index (Phi) is 4.31. The molecule has 4 nitrogen and oxygen atoms in total. The van der Waals surface area contributed by atoms with E-state index in [4.69, 9.17) is 0 Å². The number of aromatic nitrogens is 2. The first-order chi connectivity index (χ1) is 8.28. The Morgan fingerprint density at radius 1 is 1.35 bits per heavy atom. The van der Waals surface area contributed by atoms with Crippen LogP contribution in [0.25, 0.3) is 0 Å². The fraction of sp³-hybridized carbons (Fsp3) is 0.692. The van der Waals surface area contributed by atoms with Gasteiger partial charge < -0.3 is 10.6 Å². The Hall–Kier alpha value is -1.16. The maximum absolute atomic E-state index is 4.43. The van der Waals surface area contributed by atoms with Crippen LogP contribution in [-0.4, -0.2) is 29.6 Å². The molecule has 2 N–H and O–H groups in total. The van der Waals surface area contributed by atoms with Gasteiger partial charge in [-0.1, -0.05) is 6.92 Å². The summed E-state index contributed by atoms with van der Waals surface area (Å²) in [5, 5.41) is 6.84. The number of nitrogens with zero attached hydrogens (tertiary/aromatic N) is 2. The predicted molar refractivity (Wildman–Crippen MR) is 70.2 cm³/mol. The van der Waals surface area contributed by atoms with Crippen molar-refractivity contribution in [3.05, 3.63) is 17.6 Å². The molecule has 0 unspecified atom stereocenters. The molecule has 1 aromatic rings. The Labute approximate surface area is 103 Å². The number of aryl methyl sites for hydroxylation is 2. The summed E-state index contributed by atoms with van der Waals surface area (Å²) in [7, 11) is 0. The normalized spacial score (nSPS) is 17.1. The van der Waals surface area contributed by atoms with E-state index < -0.39 is 0 Å². The van der Waals surface area contributed by atoms with Gasteiger partial charge in [-0.25, -0.2) is 9.97 Å². The first-order valence-corrected chi connectivity index (χ1v) is 6.57. The smallest absolute Gasteiger partial charge is 0.129 e. The van der Waals surface area contributed by atoms with Crippen LogP contribution in [0.3, 0.4) is 0 Å². The van der Waals surface area contributed by atoms with Crippen molar-refractivity contribution in [3.63, 3.8) is 0 Å². The molecule has 1 saturated heterocycles. The van der Waals surface area contributed by atoms with Crippen LogP contribution < -0.4 is 10.6 Å². The summed E-state index contributed by atoms with van der Waals surface area (Å²) in [5.74, 6) is 2.61. The van der Waals surface area contributed by atoms with E-state index in [2.05, 4.69) is 33.6 Å². The van der Waals surface area contributed by atoms with E-state index in [0.717, 1.165) is 49.3 Å². The maximum Gasteiger partial charge on any atom is 0.129 e. The minimum atomic E-state index is 0.775. The molecule has 2 heterocycles. The number of hydrogen-bond acceptors (Lipinski definition) is 4. The van der Waals surface area contributed by atoms with Crippen molar-refractivity contribution in [1.29, 1.82) is 0 Å². The van der Waals surface area contributed by atoms with Crippen molar-refractivity contribution in [2.24, 2.45) is 5.92 Å². The van der Waals surface area contributed by atoms with Crippen LogP contribution in [0.2, 0.25) is 0 Å². The van der Waals surface area contributed by atoms with E-state index in [9.17, 15) is 0 Å². The van der Waals surface area contributed by atoms with Crippen molar-refractivity contribution >= 4 is 5.82 Å². The molecule has 0 bridgehead atoms. The lowest BCUT2D eigenvalue weighted by Gasteiger charge is -2.23. The van der Waals surface area contributed by atoms with Gasteiger partial charge in [-0.05, 0) is 45.2 Å². The summed E-state index contributed by atoms with van der Waals surface area (Å²) < 4.78 is 0. The van der Waals surface area contributed by atoms with Crippen molar-refractivity contribution in [2.45, 2.75) is 33.1 Å². The molecular weight excluding hydrogens is 212 g/mol. The van der Waals surface area contributed by atoms with Crippen molar-refractivity contribution in [3.8, 4) is 0 Å². The van der Waals surface area contributed by atoms with E-state index in [0.29, 0.717) is 0 Å². The molecule has 2 rings (SSSR count). The molecule has 0 saturated carbocycles. The molecule has 0 atom stereocenters. The van der Waals surface area contributed by atoms with Crippen molar-refractivity contribution in [1.82, 2.24) is 15.3 Å². The molecule has 0 spiro atoms. The van der Waals surface area contributed by atoms with Crippen LogP contribution in [0.1, 0.15) is 31.3 Å². The molecular formula is C13H22N4. The molecule has 17 heavy (non-hydrogen) atoms. The third-order valence-corrected chi connectivity index (χ3v) is 3.28. The summed E-state index contributed by atoms with van der Waals surface area (Å²) in [4.78, 5) is 8.81. The van der Waals surface area contributed by atoms with Crippen LogP contribution in [-0.2, 0) is 6.42 Å². The maximum atomic E-state index is 4.43. The van der Waals surface area contributed by atoms with Gasteiger partial charge in [0.25, 0.3) is 0 Å². The number of hydrogen-bond donors (Lipinski definition) is 2. The Morgan fingerprint density at radius 2 is 2.12 bits per heavy atom. The number of anilines is 1. The van der Waals surface area contributed by atoms with Gasteiger partial charge in [0.15, 0.2) is 0 Å². The van der Waals surface area contributed by atoms with Gasteiger partial charge in [-0.3, -0.25) is 0 Å².